The van der Waals surface area contributed by atoms with Gasteiger partial charge in [-0.2, -0.15) is 0 Å². The molecule has 0 aliphatic carbocycles. The zero-order valence-corrected chi connectivity index (χ0v) is 12.3. The smallest absolute Gasteiger partial charge is 0.0428 e. The molecule has 2 N–H and O–H groups in total. The SMILES string of the molecule is CCCO.CCCO.Cl.Cl.[Ti].[Ti]. The van der Waals surface area contributed by atoms with Crippen molar-refractivity contribution in [1.29, 1.82) is 0 Å². The Labute approximate surface area is 117 Å². The van der Waals surface area contributed by atoms with Crippen LogP contribution in [-0.2, 0) is 43.4 Å². The van der Waals surface area contributed by atoms with E-state index < -0.39 is 0 Å². The maximum absolute atomic E-state index is 7.88. The summed E-state index contributed by atoms with van der Waals surface area (Å²) in [5.74, 6) is 0. The molecular formula is C6H18Cl2O2Ti2. The van der Waals surface area contributed by atoms with E-state index in [2.05, 4.69) is 0 Å². The zero-order valence-electron chi connectivity index (χ0n) is 7.54. The van der Waals surface area contributed by atoms with Gasteiger partial charge in [0.15, 0.2) is 0 Å². The summed E-state index contributed by atoms with van der Waals surface area (Å²) in [6.07, 6.45) is 1.75. The molecule has 0 atom stereocenters. The summed E-state index contributed by atoms with van der Waals surface area (Å²) in [5, 5.41) is 15.8. The minimum atomic E-state index is 0. The summed E-state index contributed by atoms with van der Waals surface area (Å²) < 4.78 is 0. The fraction of sp³-hybridized carbons (Fsp3) is 1.00. The molecule has 0 saturated heterocycles. The van der Waals surface area contributed by atoms with Crippen LogP contribution >= 0.6 is 24.8 Å². The van der Waals surface area contributed by atoms with E-state index in [9.17, 15) is 0 Å². The van der Waals surface area contributed by atoms with Gasteiger partial charge < -0.3 is 10.2 Å². The maximum Gasteiger partial charge on any atom is 0.0428 e. The molecule has 0 aromatic rings. The van der Waals surface area contributed by atoms with Gasteiger partial charge in [0, 0.05) is 56.6 Å². The molecule has 12 heavy (non-hydrogen) atoms. The first-order chi connectivity index (χ1) is 3.83. The van der Waals surface area contributed by atoms with Crippen molar-refractivity contribution >= 4 is 24.8 Å². The molecule has 0 saturated carbocycles. The second-order valence-electron chi connectivity index (χ2n) is 1.45. The Balaban J connectivity index is -0.0000000112. The van der Waals surface area contributed by atoms with E-state index in [1.807, 2.05) is 13.8 Å². The Morgan fingerprint density at radius 2 is 0.833 bits per heavy atom. The summed E-state index contributed by atoms with van der Waals surface area (Å²) in [5.41, 5.74) is 0. The predicted octanol–water partition coefficient (Wildman–Crippen LogP) is 1.62. The molecule has 0 spiro atoms. The van der Waals surface area contributed by atoms with Crippen molar-refractivity contribution in [3.05, 3.63) is 0 Å². The maximum atomic E-state index is 7.88. The summed E-state index contributed by atoms with van der Waals surface area (Å²) in [6.45, 7) is 4.50. The first kappa shape index (κ1) is 37.0. The van der Waals surface area contributed by atoms with Crippen molar-refractivity contribution in [1.82, 2.24) is 0 Å². The first-order valence-electron chi connectivity index (χ1n) is 3.05. The summed E-state index contributed by atoms with van der Waals surface area (Å²) >= 11 is 0. The largest absolute Gasteiger partial charge is 0.396 e. The van der Waals surface area contributed by atoms with Gasteiger partial charge in [-0.3, -0.25) is 0 Å². The summed E-state index contributed by atoms with van der Waals surface area (Å²) in [6, 6.07) is 0. The van der Waals surface area contributed by atoms with Crippen LogP contribution in [0.4, 0.5) is 0 Å². The Morgan fingerprint density at radius 1 is 0.750 bits per heavy atom. The number of aliphatic hydroxyl groups excluding tert-OH is 2. The van der Waals surface area contributed by atoms with Gasteiger partial charge in [-0.05, 0) is 12.8 Å². The molecular weight excluding hydrogens is 271 g/mol. The van der Waals surface area contributed by atoms with Crippen LogP contribution in [0.15, 0.2) is 0 Å². The number of halogens is 2. The van der Waals surface area contributed by atoms with Crippen molar-refractivity contribution < 1.29 is 53.6 Å². The predicted molar refractivity (Wildman–Crippen MR) is 49.2 cm³/mol. The number of hydrogen-bond donors (Lipinski definition) is 2. The number of rotatable bonds is 2. The minimum absolute atomic E-state index is 0. The normalized spacial score (nSPS) is 5.00. The van der Waals surface area contributed by atoms with Crippen molar-refractivity contribution in [2.75, 3.05) is 13.2 Å². The van der Waals surface area contributed by atoms with Crippen LogP contribution in [0.5, 0.6) is 0 Å². The monoisotopic (exact) mass is 288 g/mol. The molecule has 6 heteroatoms. The van der Waals surface area contributed by atoms with E-state index in [4.69, 9.17) is 10.2 Å². The zero-order chi connectivity index (χ0) is 6.83. The Bertz CT molecular complexity index is 29.5. The Kier molecular flexibility index (Phi) is 162. The molecule has 0 heterocycles. The third-order valence-electron chi connectivity index (χ3n) is 0.447. The molecule has 76 valence electrons. The number of aliphatic hydroxyl groups is 2. The van der Waals surface area contributed by atoms with Gasteiger partial charge in [-0.25, -0.2) is 0 Å². The molecule has 0 aliphatic rings. The molecule has 0 fully saturated rings. The average Bonchev–Trinajstić information content (AvgIpc) is 1.88. The van der Waals surface area contributed by atoms with Gasteiger partial charge >= 0.3 is 0 Å². The molecule has 0 amide bonds. The number of hydrogen-bond acceptors (Lipinski definition) is 2. The molecule has 0 bridgehead atoms. The van der Waals surface area contributed by atoms with Crippen molar-refractivity contribution in [2.45, 2.75) is 26.7 Å². The van der Waals surface area contributed by atoms with E-state index >= 15 is 0 Å². The first-order valence-corrected chi connectivity index (χ1v) is 3.05. The van der Waals surface area contributed by atoms with Crippen molar-refractivity contribution in [3.8, 4) is 0 Å². The van der Waals surface area contributed by atoms with Crippen LogP contribution < -0.4 is 0 Å². The van der Waals surface area contributed by atoms with E-state index in [-0.39, 0.29) is 68.2 Å². The fourth-order valence-electron chi connectivity index (χ4n) is 0. The Morgan fingerprint density at radius 3 is 0.833 bits per heavy atom. The second kappa shape index (κ2) is 52.3. The Hall–Kier alpha value is 1.93. The van der Waals surface area contributed by atoms with Gasteiger partial charge in [0.25, 0.3) is 0 Å². The van der Waals surface area contributed by atoms with Crippen LogP contribution in [0.3, 0.4) is 0 Å². The molecule has 0 aliphatic heterocycles. The third kappa shape index (κ3) is 92.3. The molecule has 0 aromatic carbocycles. The second-order valence-corrected chi connectivity index (χ2v) is 1.45. The van der Waals surface area contributed by atoms with E-state index in [1.165, 1.54) is 0 Å². The summed E-state index contributed by atoms with van der Waals surface area (Å²) in [7, 11) is 0. The molecule has 0 unspecified atom stereocenters. The van der Waals surface area contributed by atoms with Gasteiger partial charge in [0.05, 0.1) is 0 Å². The van der Waals surface area contributed by atoms with Crippen molar-refractivity contribution in [2.24, 2.45) is 0 Å². The van der Waals surface area contributed by atoms with Crippen LogP contribution in [-0.4, -0.2) is 23.4 Å². The average molecular weight is 289 g/mol. The van der Waals surface area contributed by atoms with Gasteiger partial charge in [-0.15, -0.1) is 24.8 Å². The topological polar surface area (TPSA) is 40.5 Å². The van der Waals surface area contributed by atoms with Gasteiger partial charge in [0.1, 0.15) is 0 Å². The van der Waals surface area contributed by atoms with Crippen LogP contribution in [0.1, 0.15) is 26.7 Å². The third-order valence-corrected chi connectivity index (χ3v) is 0.447. The standard InChI is InChI=1S/2C3H8O.2ClH.2Ti/c2*1-2-3-4;;;;/h2*4H,2-3H2,1H3;2*1H;;. The van der Waals surface area contributed by atoms with Gasteiger partial charge in [-0.1, -0.05) is 13.8 Å². The van der Waals surface area contributed by atoms with Crippen molar-refractivity contribution in [3.63, 3.8) is 0 Å². The van der Waals surface area contributed by atoms with Crippen LogP contribution in [0.2, 0.25) is 0 Å². The molecule has 0 aromatic heterocycles. The van der Waals surface area contributed by atoms with E-state index in [0.29, 0.717) is 13.2 Å². The quantitative estimate of drug-likeness (QED) is 0.758. The van der Waals surface area contributed by atoms with E-state index in [0.717, 1.165) is 12.8 Å². The van der Waals surface area contributed by atoms with Crippen LogP contribution in [0.25, 0.3) is 0 Å². The van der Waals surface area contributed by atoms with E-state index in [1.54, 1.807) is 0 Å². The minimum Gasteiger partial charge on any atom is -0.396 e. The van der Waals surface area contributed by atoms with Gasteiger partial charge in [0.2, 0.25) is 0 Å². The molecule has 0 rings (SSSR count). The van der Waals surface area contributed by atoms with Crippen LogP contribution in [0, 0.1) is 0 Å². The fourth-order valence-corrected chi connectivity index (χ4v) is 0. The molecule has 2 nitrogen and oxygen atoms in total. The molecule has 0 radical (unpaired) electrons. The summed E-state index contributed by atoms with van der Waals surface area (Å²) in [4.78, 5) is 0.